The second-order valence-electron chi connectivity index (χ2n) is 3.99. The molecule has 8 heteroatoms. The highest BCUT2D eigenvalue weighted by Crippen LogP contribution is 2.22. The summed E-state index contributed by atoms with van der Waals surface area (Å²) >= 11 is 0.801. The van der Waals surface area contributed by atoms with Crippen LogP contribution in [0.1, 0.15) is 6.92 Å². The van der Waals surface area contributed by atoms with Gasteiger partial charge < -0.3 is 15.5 Å². The van der Waals surface area contributed by atoms with Crippen molar-refractivity contribution in [3.05, 3.63) is 29.8 Å². The number of rotatable bonds is 6. The van der Waals surface area contributed by atoms with Crippen molar-refractivity contribution in [3.63, 3.8) is 0 Å². The molecule has 1 amide bonds. The minimum Gasteiger partial charge on any atom is -0.480 e. The predicted molar refractivity (Wildman–Crippen MR) is 68.3 cm³/mol. The molecular formula is C12H13F2NO4S. The molecule has 0 saturated heterocycles. The Bertz CT molecular complexity index is 510. The summed E-state index contributed by atoms with van der Waals surface area (Å²) in [7, 11) is 0. The largest absolute Gasteiger partial charge is 0.480 e. The van der Waals surface area contributed by atoms with Crippen LogP contribution in [0.15, 0.2) is 23.1 Å². The van der Waals surface area contributed by atoms with E-state index in [1.54, 1.807) is 0 Å². The Morgan fingerprint density at radius 1 is 1.40 bits per heavy atom. The topological polar surface area (TPSA) is 86.6 Å². The maximum absolute atomic E-state index is 13.3. The highest BCUT2D eigenvalue weighted by atomic mass is 32.2. The summed E-state index contributed by atoms with van der Waals surface area (Å²) < 4.78 is 26.0. The maximum Gasteiger partial charge on any atom is 0.328 e. The van der Waals surface area contributed by atoms with E-state index in [1.165, 1.54) is 13.0 Å². The Labute approximate surface area is 118 Å². The number of carbonyl (C=O) groups excluding carboxylic acids is 1. The Morgan fingerprint density at radius 3 is 2.55 bits per heavy atom. The fourth-order valence-corrected chi connectivity index (χ4v) is 2.07. The van der Waals surface area contributed by atoms with Gasteiger partial charge in [-0.3, -0.25) is 4.79 Å². The summed E-state index contributed by atoms with van der Waals surface area (Å²) in [4.78, 5) is 22.3. The lowest BCUT2D eigenvalue weighted by molar-refractivity contribution is -0.144. The molecule has 3 N–H and O–H groups in total. The molecule has 110 valence electrons. The zero-order valence-corrected chi connectivity index (χ0v) is 11.3. The number of amides is 1. The van der Waals surface area contributed by atoms with Gasteiger partial charge in [-0.1, -0.05) is 0 Å². The van der Waals surface area contributed by atoms with Crippen molar-refractivity contribution < 1.29 is 28.6 Å². The van der Waals surface area contributed by atoms with Crippen molar-refractivity contribution in [1.29, 1.82) is 0 Å². The van der Waals surface area contributed by atoms with E-state index in [9.17, 15) is 23.5 Å². The SMILES string of the molecule is C[C@@H](O)[C@H](NC(=O)CSc1ccc(F)cc1F)C(=O)O. The highest BCUT2D eigenvalue weighted by Gasteiger charge is 2.24. The van der Waals surface area contributed by atoms with E-state index >= 15 is 0 Å². The van der Waals surface area contributed by atoms with Gasteiger partial charge in [0.25, 0.3) is 0 Å². The van der Waals surface area contributed by atoms with Crippen molar-refractivity contribution in [3.8, 4) is 0 Å². The molecule has 0 aliphatic heterocycles. The third-order valence-corrected chi connectivity index (χ3v) is 3.37. The Kier molecular flexibility index (Phi) is 5.90. The molecule has 0 aliphatic carbocycles. The minimum absolute atomic E-state index is 0.0745. The van der Waals surface area contributed by atoms with Crippen LogP contribution < -0.4 is 5.32 Å². The van der Waals surface area contributed by atoms with Crippen molar-refractivity contribution in [2.75, 3.05) is 5.75 Å². The standard InChI is InChI=1S/C12H13F2NO4S/c1-6(16)11(12(18)19)15-10(17)5-20-9-3-2-7(13)4-8(9)14/h2-4,6,11,16H,5H2,1H3,(H,15,17)(H,18,19)/t6-,11+/m1/s1. The van der Waals surface area contributed by atoms with Crippen LogP contribution in [0.25, 0.3) is 0 Å². The number of benzene rings is 1. The van der Waals surface area contributed by atoms with Gasteiger partial charge in [0.05, 0.1) is 11.9 Å². The fourth-order valence-electron chi connectivity index (χ4n) is 1.34. The number of thioether (sulfide) groups is 1. The summed E-state index contributed by atoms with van der Waals surface area (Å²) in [5.74, 6) is -3.82. The average molecular weight is 305 g/mol. The number of nitrogens with one attached hydrogen (secondary N) is 1. The van der Waals surface area contributed by atoms with Gasteiger partial charge in [0, 0.05) is 11.0 Å². The van der Waals surface area contributed by atoms with E-state index < -0.39 is 35.7 Å². The lowest BCUT2D eigenvalue weighted by Gasteiger charge is -2.16. The molecule has 0 unspecified atom stereocenters. The molecule has 0 spiro atoms. The van der Waals surface area contributed by atoms with Crippen LogP contribution in [-0.4, -0.2) is 40.0 Å². The van der Waals surface area contributed by atoms with E-state index in [-0.39, 0.29) is 10.6 Å². The molecule has 2 atom stereocenters. The molecule has 5 nitrogen and oxygen atoms in total. The third kappa shape index (κ3) is 4.78. The fraction of sp³-hybridized carbons (Fsp3) is 0.333. The molecule has 20 heavy (non-hydrogen) atoms. The first-order chi connectivity index (χ1) is 9.31. The van der Waals surface area contributed by atoms with Gasteiger partial charge in [-0.05, 0) is 19.1 Å². The van der Waals surface area contributed by atoms with Gasteiger partial charge in [-0.15, -0.1) is 11.8 Å². The van der Waals surface area contributed by atoms with Gasteiger partial charge in [0.15, 0.2) is 6.04 Å². The number of aliphatic carboxylic acids is 1. The normalized spacial score (nSPS) is 13.6. The Balaban J connectivity index is 2.57. The van der Waals surface area contributed by atoms with Crippen LogP contribution in [0.3, 0.4) is 0 Å². The maximum atomic E-state index is 13.3. The molecule has 1 aromatic carbocycles. The number of halogens is 2. The number of carbonyl (C=O) groups is 2. The number of hydrogen-bond acceptors (Lipinski definition) is 4. The van der Waals surface area contributed by atoms with E-state index in [1.807, 2.05) is 0 Å². The Morgan fingerprint density at radius 2 is 2.05 bits per heavy atom. The summed E-state index contributed by atoms with van der Waals surface area (Å²) in [6.45, 7) is 1.23. The molecule has 0 heterocycles. The third-order valence-electron chi connectivity index (χ3n) is 2.32. The smallest absolute Gasteiger partial charge is 0.328 e. The molecular weight excluding hydrogens is 292 g/mol. The van der Waals surface area contributed by atoms with E-state index in [4.69, 9.17) is 5.11 Å². The number of hydrogen-bond donors (Lipinski definition) is 3. The van der Waals surface area contributed by atoms with Gasteiger partial charge in [-0.25, -0.2) is 13.6 Å². The van der Waals surface area contributed by atoms with Crippen LogP contribution in [0.2, 0.25) is 0 Å². The lowest BCUT2D eigenvalue weighted by Crippen LogP contribution is -2.48. The molecule has 0 saturated carbocycles. The molecule has 0 aromatic heterocycles. The number of aliphatic hydroxyl groups is 1. The highest BCUT2D eigenvalue weighted by molar-refractivity contribution is 8.00. The predicted octanol–water partition coefficient (Wildman–Crippen LogP) is 1.01. The monoisotopic (exact) mass is 305 g/mol. The second kappa shape index (κ2) is 7.20. The van der Waals surface area contributed by atoms with E-state index in [0.717, 1.165) is 17.8 Å². The summed E-state index contributed by atoms with van der Waals surface area (Å²) in [5, 5.41) is 20.1. The summed E-state index contributed by atoms with van der Waals surface area (Å²) in [5.41, 5.74) is 0. The zero-order chi connectivity index (χ0) is 15.3. The number of aliphatic hydroxyl groups excluding tert-OH is 1. The minimum atomic E-state index is -1.43. The van der Waals surface area contributed by atoms with E-state index in [0.29, 0.717) is 6.07 Å². The molecule has 0 radical (unpaired) electrons. The number of carboxylic acid groups (broad SMARTS) is 1. The zero-order valence-electron chi connectivity index (χ0n) is 10.5. The van der Waals surface area contributed by atoms with Crippen LogP contribution in [0.4, 0.5) is 8.78 Å². The van der Waals surface area contributed by atoms with Crippen molar-refractivity contribution in [1.82, 2.24) is 5.32 Å². The van der Waals surface area contributed by atoms with Crippen LogP contribution in [-0.2, 0) is 9.59 Å². The van der Waals surface area contributed by atoms with Gasteiger partial charge in [-0.2, -0.15) is 0 Å². The lowest BCUT2D eigenvalue weighted by atomic mass is 10.2. The number of carboxylic acids is 1. The summed E-state index contributed by atoms with van der Waals surface area (Å²) in [6.07, 6.45) is -1.26. The summed E-state index contributed by atoms with van der Waals surface area (Å²) in [6, 6.07) is 1.50. The molecule has 0 bridgehead atoms. The molecule has 0 aliphatic rings. The van der Waals surface area contributed by atoms with E-state index in [2.05, 4.69) is 5.32 Å². The second-order valence-corrected chi connectivity index (χ2v) is 5.00. The van der Waals surface area contributed by atoms with Gasteiger partial charge in [0.1, 0.15) is 11.6 Å². The van der Waals surface area contributed by atoms with Crippen LogP contribution in [0, 0.1) is 11.6 Å². The average Bonchev–Trinajstić information content (AvgIpc) is 2.34. The first kappa shape index (κ1) is 16.4. The van der Waals surface area contributed by atoms with Gasteiger partial charge >= 0.3 is 5.97 Å². The van der Waals surface area contributed by atoms with Crippen LogP contribution in [0.5, 0.6) is 0 Å². The quantitative estimate of drug-likeness (QED) is 0.683. The Hall–Kier alpha value is -1.67. The van der Waals surface area contributed by atoms with Crippen molar-refractivity contribution >= 4 is 23.6 Å². The molecule has 0 fully saturated rings. The van der Waals surface area contributed by atoms with Gasteiger partial charge in [0.2, 0.25) is 5.91 Å². The molecule has 1 aromatic rings. The first-order valence-electron chi connectivity index (χ1n) is 5.59. The van der Waals surface area contributed by atoms with Crippen molar-refractivity contribution in [2.45, 2.75) is 24.0 Å². The van der Waals surface area contributed by atoms with Crippen LogP contribution >= 0.6 is 11.8 Å². The van der Waals surface area contributed by atoms with Crippen molar-refractivity contribution in [2.24, 2.45) is 0 Å². The molecule has 1 rings (SSSR count). The first-order valence-corrected chi connectivity index (χ1v) is 6.58.